The standard InChI is InChI=1S/C12H8Cl3NOS/c13-9-5-11(15)12(6-10(9)14)18(17)8-3-1-7(16)2-4-8/h1-6H,16H2. The summed E-state index contributed by atoms with van der Waals surface area (Å²) >= 11 is 17.7. The number of rotatable bonds is 2. The second-order valence-electron chi connectivity index (χ2n) is 3.53. The van der Waals surface area contributed by atoms with E-state index in [0.717, 1.165) is 0 Å². The van der Waals surface area contributed by atoms with E-state index in [1.807, 2.05) is 0 Å². The summed E-state index contributed by atoms with van der Waals surface area (Å²) < 4.78 is 12.3. The van der Waals surface area contributed by atoms with Crippen LogP contribution < -0.4 is 5.73 Å². The third-order valence-corrected chi connectivity index (χ3v) is 4.85. The van der Waals surface area contributed by atoms with Crippen LogP contribution in [0.4, 0.5) is 5.69 Å². The van der Waals surface area contributed by atoms with Gasteiger partial charge in [0, 0.05) is 10.6 Å². The average Bonchev–Trinajstić information content (AvgIpc) is 2.34. The van der Waals surface area contributed by atoms with E-state index in [9.17, 15) is 4.21 Å². The van der Waals surface area contributed by atoms with Crippen molar-refractivity contribution in [3.05, 3.63) is 51.5 Å². The van der Waals surface area contributed by atoms with Crippen LogP contribution in [0, 0.1) is 0 Å². The van der Waals surface area contributed by atoms with E-state index in [1.54, 1.807) is 24.3 Å². The van der Waals surface area contributed by atoms with Gasteiger partial charge in [-0.15, -0.1) is 0 Å². The van der Waals surface area contributed by atoms with Gasteiger partial charge in [0.15, 0.2) is 0 Å². The van der Waals surface area contributed by atoms with Crippen LogP contribution in [0.15, 0.2) is 46.2 Å². The lowest BCUT2D eigenvalue weighted by atomic mass is 10.3. The van der Waals surface area contributed by atoms with Crippen molar-refractivity contribution in [1.29, 1.82) is 0 Å². The normalized spacial score (nSPS) is 12.4. The molecule has 6 heteroatoms. The van der Waals surface area contributed by atoms with Gasteiger partial charge in [-0.2, -0.15) is 0 Å². The average molecular weight is 321 g/mol. The molecule has 0 aliphatic heterocycles. The zero-order valence-electron chi connectivity index (χ0n) is 8.99. The van der Waals surface area contributed by atoms with E-state index in [2.05, 4.69) is 0 Å². The Morgan fingerprint density at radius 1 is 0.889 bits per heavy atom. The predicted octanol–water partition coefficient (Wildman–Crippen LogP) is 4.40. The van der Waals surface area contributed by atoms with Gasteiger partial charge < -0.3 is 5.73 Å². The molecule has 0 aliphatic rings. The maximum atomic E-state index is 12.3. The highest BCUT2D eigenvalue weighted by Crippen LogP contribution is 2.32. The van der Waals surface area contributed by atoms with Gasteiger partial charge in [0.25, 0.3) is 0 Å². The van der Waals surface area contributed by atoms with Crippen LogP contribution >= 0.6 is 34.8 Å². The first-order valence-corrected chi connectivity index (χ1v) is 7.19. The summed E-state index contributed by atoms with van der Waals surface area (Å²) in [6.07, 6.45) is 0. The molecule has 1 unspecified atom stereocenters. The lowest BCUT2D eigenvalue weighted by Crippen LogP contribution is -1.95. The molecule has 0 amide bonds. The molecule has 0 saturated heterocycles. The highest BCUT2D eigenvalue weighted by molar-refractivity contribution is 7.85. The fraction of sp³-hybridized carbons (Fsp3) is 0. The van der Waals surface area contributed by atoms with Gasteiger partial charge in [-0.1, -0.05) is 34.8 Å². The first kappa shape index (κ1) is 13.7. The number of anilines is 1. The number of nitrogens with two attached hydrogens (primary N) is 1. The van der Waals surface area contributed by atoms with Crippen LogP contribution in [-0.4, -0.2) is 4.21 Å². The van der Waals surface area contributed by atoms with Crippen molar-refractivity contribution in [3.63, 3.8) is 0 Å². The monoisotopic (exact) mass is 319 g/mol. The van der Waals surface area contributed by atoms with Crippen LogP contribution in [0.5, 0.6) is 0 Å². The summed E-state index contributed by atoms with van der Waals surface area (Å²) in [7, 11) is -1.42. The summed E-state index contributed by atoms with van der Waals surface area (Å²) in [5.74, 6) is 0. The number of halogens is 3. The van der Waals surface area contributed by atoms with E-state index in [1.165, 1.54) is 12.1 Å². The minimum Gasteiger partial charge on any atom is -0.399 e. The van der Waals surface area contributed by atoms with E-state index in [0.29, 0.717) is 30.5 Å². The fourth-order valence-electron chi connectivity index (χ4n) is 1.36. The Labute approximate surface area is 122 Å². The number of nitrogen functional groups attached to an aromatic ring is 1. The third-order valence-electron chi connectivity index (χ3n) is 2.27. The SMILES string of the molecule is Nc1ccc(S(=O)c2cc(Cl)c(Cl)cc2Cl)cc1. The van der Waals surface area contributed by atoms with Crippen LogP contribution in [0.1, 0.15) is 0 Å². The van der Waals surface area contributed by atoms with Gasteiger partial charge in [-0.05, 0) is 36.4 Å². The third kappa shape index (κ3) is 2.81. The first-order chi connectivity index (χ1) is 8.49. The zero-order chi connectivity index (χ0) is 13.3. The molecule has 2 aromatic rings. The topological polar surface area (TPSA) is 43.1 Å². The number of benzene rings is 2. The minimum atomic E-state index is -1.42. The molecule has 2 rings (SSSR count). The van der Waals surface area contributed by atoms with Crippen LogP contribution in [0.2, 0.25) is 15.1 Å². The molecule has 2 aromatic carbocycles. The second-order valence-corrected chi connectivity index (χ2v) is 6.20. The molecule has 1 atom stereocenters. The highest BCUT2D eigenvalue weighted by Gasteiger charge is 2.13. The quantitative estimate of drug-likeness (QED) is 0.658. The molecule has 0 fully saturated rings. The lowest BCUT2D eigenvalue weighted by Gasteiger charge is -2.07. The molecular formula is C12H8Cl3NOS. The molecule has 0 heterocycles. The van der Waals surface area contributed by atoms with Crippen molar-refractivity contribution in [2.75, 3.05) is 5.73 Å². The van der Waals surface area contributed by atoms with Gasteiger partial charge in [0.2, 0.25) is 0 Å². The lowest BCUT2D eigenvalue weighted by molar-refractivity contribution is 0.683. The van der Waals surface area contributed by atoms with Crippen LogP contribution in [-0.2, 0) is 10.8 Å². The Morgan fingerprint density at radius 2 is 1.44 bits per heavy atom. The van der Waals surface area contributed by atoms with Crippen molar-refractivity contribution in [1.82, 2.24) is 0 Å². The second kappa shape index (κ2) is 5.49. The maximum Gasteiger partial charge on any atom is 0.0865 e. The van der Waals surface area contributed by atoms with E-state index < -0.39 is 10.8 Å². The minimum absolute atomic E-state index is 0.319. The summed E-state index contributed by atoms with van der Waals surface area (Å²) in [6, 6.07) is 9.72. The summed E-state index contributed by atoms with van der Waals surface area (Å²) in [5, 5.41) is 0.971. The molecule has 2 N–H and O–H groups in total. The maximum absolute atomic E-state index is 12.3. The molecule has 0 aliphatic carbocycles. The molecule has 0 saturated carbocycles. The summed E-state index contributed by atoms with van der Waals surface area (Å²) in [6.45, 7) is 0. The van der Waals surface area contributed by atoms with E-state index >= 15 is 0 Å². The first-order valence-electron chi connectivity index (χ1n) is 4.91. The summed E-state index contributed by atoms with van der Waals surface area (Å²) in [5.41, 5.74) is 6.18. The molecular weight excluding hydrogens is 313 g/mol. The van der Waals surface area contributed by atoms with Gasteiger partial charge in [0.1, 0.15) is 0 Å². The fourth-order valence-corrected chi connectivity index (χ4v) is 3.28. The Morgan fingerprint density at radius 3 is 2.06 bits per heavy atom. The molecule has 0 bridgehead atoms. The molecule has 0 radical (unpaired) electrons. The van der Waals surface area contributed by atoms with Crippen LogP contribution in [0.25, 0.3) is 0 Å². The van der Waals surface area contributed by atoms with Gasteiger partial charge in [0.05, 0.1) is 30.8 Å². The highest BCUT2D eigenvalue weighted by atomic mass is 35.5. The predicted molar refractivity (Wildman–Crippen MR) is 77.0 cm³/mol. The molecule has 0 aromatic heterocycles. The van der Waals surface area contributed by atoms with Gasteiger partial charge >= 0.3 is 0 Å². The Kier molecular flexibility index (Phi) is 4.17. The molecule has 2 nitrogen and oxygen atoms in total. The Balaban J connectivity index is 2.46. The molecule has 0 spiro atoms. The van der Waals surface area contributed by atoms with E-state index in [4.69, 9.17) is 40.5 Å². The van der Waals surface area contributed by atoms with E-state index in [-0.39, 0.29) is 0 Å². The zero-order valence-corrected chi connectivity index (χ0v) is 12.1. The summed E-state index contributed by atoms with van der Waals surface area (Å²) in [4.78, 5) is 1.03. The molecule has 94 valence electrons. The Bertz CT molecular complexity index is 613. The Hall–Kier alpha value is -0.740. The van der Waals surface area contributed by atoms with Crippen molar-refractivity contribution < 1.29 is 4.21 Å². The van der Waals surface area contributed by atoms with Gasteiger partial charge in [-0.25, -0.2) is 4.21 Å². The van der Waals surface area contributed by atoms with Crippen molar-refractivity contribution in [2.24, 2.45) is 0 Å². The van der Waals surface area contributed by atoms with Gasteiger partial charge in [-0.3, -0.25) is 0 Å². The van der Waals surface area contributed by atoms with Crippen molar-refractivity contribution >= 4 is 51.3 Å². The van der Waals surface area contributed by atoms with Crippen molar-refractivity contribution in [2.45, 2.75) is 9.79 Å². The van der Waals surface area contributed by atoms with Crippen molar-refractivity contribution in [3.8, 4) is 0 Å². The largest absolute Gasteiger partial charge is 0.399 e. The molecule has 18 heavy (non-hydrogen) atoms. The number of hydrogen-bond acceptors (Lipinski definition) is 2. The smallest absolute Gasteiger partial charge is 0.0865 e. The number of hydrogen-bond donors (Lipinski definition) is 1. The van der Waals surface area contributed by atoms with Crippen LogP contribution in [0.3, 0.4) is 0 Å².